The van der Waals surface area contributed by atoms with Crippen LogP contribution in [0.15, 0.2) is 4.99 Å². The van der Waals surface area contributed by atoms with E-state index < -0.39 is 0 Å². The number of likely N-dealkylation sites (tertiary alicyclic amines) is 2. The number of halogens is 1. The highest BCUT2D eigenvalue weighted by Gasteiger charge is 2.40. The fourth-order valence-electron chi connectivity index (χ4n) is 5.71. The SMILES string of the molecule is CN=C(NCC1CCCOC1C(C)(C)C)NCC1(N2CCCCC2)CCN(C)CC1.I. The molecule has 3 rings (SSSR count). The lowest BCUT2D eigenvalue weighted by Gasteiger charge is -2.50. The number of hydrogen-bond acceptors (Lipinski definition) is 4. The first-order valence-electron chi connectivity index (χ1n) is 12.3. The van der Waals surface area contributed by atoms with Gasteiger partial charge in [-0.1, -0.05) is 27.2 Å². The smallest absolute Gasteiger partial charge is 0.191 e. The Kier molecular flexibility index (Phi) is 10.8. The van der Waals surface area contributed by atoms with Crippen LogP contribution in [0.2, 0.25) is 0 Å². The van der Waals surface area contributed by atoms with Gasteiger partial charge in [0.2, 0.25) is 0 Å². The van der Waals surface area contributed by atoms with Crippen LogP contribution in [0.5, 0.6) is 0 Å². The number of aliphatic imine (C=N–C) groups is 1. The second-order valence-corrected chi connectivity index (χ2v) is 10.9. The average molecular weight is 550 g/mol. The zero-order chi connectivity index (χ0) is 21.6. The van der Waals surface area contributed by atoms with Crippen LogP contribution in [0.3, 0.4) is 0 Å². The lowest BCUT2D eigenvalue weighted by atomic mass is 9.78. The molecule has 3 heterocycles. The number of rotatable bonds is 5. The van der Waals surface area contributed by atoms with Gasteiger partial charge in [0, 0.05) is 38.2 Å². The van der Waals surface area contributed by atoms with Crippen molar-refractivity contribution in [1.29, 1.82) is 0 Å². The molecule has 3 fully saturated rings. The third-order valence-electron chi connectivity index (χ3n) is 7.58. The average Bonchev–Trinajstić information content (AvgIpc) is 2.75. The van der Waals surface area contributed by atoms with Crippen LogP contribution in [0, 0.1) is 11.3 Å². The molecule has 0 aromatic carbocycles. The topological polar surface area (TPSA) is 52.1 Å². The van der Waals surface area contributed by atoms with E-state index in [2.05, 4.69) is 53.2 Å². The summed E-state index contributed by atoms with van der Waals surface area (Å²) in [6.07, 6.45) is 9.28. The molecule has 6 nitrogen and oxygen atoms in total. The first-order valence-corrected chi connectivity index (χ1v) is 12.3. The summed E-state index contributed by atoms with van der Waals surface area (Å²) >= 11 is 0. The van der Waals surface area contributed by atoms with Crippen molar-refractivity contribution in [2.45, 2.75) is 77.4 Å². The minimum atomic E-state index is 0. The molecule has 0 aromatic rings. The normalized spacial score (nSPS) is 28.6. The minimum absolute atomic E-state index is 0. The van der Waals surface area contributed by atoms with Gasteiger partial charge in [-0.15, -0.1) is 24.0 Å². The Labute approximate surface area is 208 Å². The number of guanidine groups is 1. The van der Waals surface area contributed by atoms with Crippen molar-refractivity contribution in [3.8, 4) is 0 Å². The van der Waals surface area contributed by atoms with Crippen LogP contribution >= 0.6 is 24.0 Å². The van der Waals surface area contributed by atoms with Crippen LogP contribution in [0.25, 0.3) is 0 Å². The van der Waals surface area contributed by atoms with E-state index in [9.17, 15) is 0 Å². The van der Waals surface area contributed by atoms with E-state index in [0.29, 0.717) is 12.0 Å². The summed E-state index contributed by atoms with van der Waals surface area (Å²) in [5.74, 6) is 1.49. The molecule has 0 saturated carbocycles. The van der Waals surface area contributed by atoms with Gasteiger partial charge in [-0.2, -0.15) is 0 Å². The zero-order valence-corrected chi connectivity index (χ0v) is 23.0. The van der Waals surface area contributed by atoms with E-state index in [1.165, 1.54) is 64.7 Å². The summed E-state index contributed by atoms with van der Waals surface area (Å²) in [5, 5.41) is 7.36. The maximum atomic E-state index is 6.17. The van der Waals surface area contributed by atoms with Gasteiger partial charge in [0.25, 0.3) is 0 Å². The van der Waals surface area contributed by atoms with E-state index in [0.717, 1.165) is 32.1 Å². The molecule has 3 aliphatic rings. The molecule has 0 bridgehead atoms. The highest BCUT2D eigenvalue weighted by Crippen LogP contribution is 2.34. The predicted molar refractivity (Wildman–Crippen MR) is 142 cm³/mol. The Morgan fingerprint density at radius 3 is 2.32 bits per heavy atom. The van der Waals surface area contributed by atoms with Crippen molar-refractivity contribution in [2.24, 2.45) is 16.3 Å². The quantitative estimate of drug-likeness (QED) is 0.312. The number of piperidine rings is 2. The monoisotopic (exact) mass is 549 g/mol. The lowest BCUT2D eigenvalue weighted by molar-refractivity contribution is -0.0835. The molecule has 3 saturated heterocycles. The maximum Gasteiger partial charge on any atom is 0.191 e. The van der Waals surface area contributed by atoms with Crippen molar-refractivity contribution >= 4 is 29.9 Å². The summed E-state index contributed by atoms with van der Waals surface area (Å²) in [5.41, 5.74) is 0.447. The Morgan fingerprint density at radius 1 is 1.03 bits per heavy atom. The third kappa shape index (κ3) is 7.44. The highest BCUT2D eigenvalue weighted by molar-refractivity contribution is 14.0. The van der Waals surface area contributed by atoms with Crippen LogP contribution in [-0.2, 0) is 4.74 Å². The molecule has 3 aliphatic heterocycles. The van der Waals surface area contributed by atoms with E-state index in [4.69, 9.17) is 4.74 Å². The van der Waals surface area contributed by atoms with Crippen molar-refractivity contribution in [3.05, 3.63) is 0 Å². The Bertz CT molecular complexity index is 551. The van der Waals surface area contributed by atoms with Gasteiger partial charge in [-0.3, -0.25) is 9.89 Å². The van der Waals surface area contributed by atoms with E-state index in [1.54, 1.807) is 0 Å². The molecule has 0 amide bonds. The molecule has 2 N–H and O–H groups in total. The maximum absolute atomic E-state index is 6.17. The number of ether oxygens (including phenoxy) is 1. The summed E-state index contributed by atoms with van der Waals surface area (Å²) in [7, 11) is 4.15. The molecule has 0 radical (unpaired) electrons. The molecular weight excluding hydrogens is 501 g/mol. The second kappa shape index (κ2) is 12.4. The third-order valence-corrected chi connectivity index (χ3v) is 7.58. The van der Waals surface area contributed by atoms with Crippen molar-refractivity contribution in [3.63, 3.8) is 0 Å². The first kappa shape index (κ1) is 27.1. The van der Waals surface area contributed by atoms with Crippen molar-refractivity contribution in [2.75, 3.05) is 60.0 Å². The second-order valence-electron chi connectivity index (χ2n) is 10.9. The molecule has 31 heavy (non-hydrogen) atoms. The van der Waals surface area contributed by atoms with Gasteiger partial charge in [-0.05, 0) is 77.2 Å². The molecule has 0 aliphatic carbocycles. The fourth-order valence-corrected chi connectivity index (χ4v) is 5.71. The van der Waals surface area contributed by atoms with Gasteiger partial charge in [0.05, 0.1) is 6.10 Å². The van der Waals surface area contributed by atoms with Gasteiger partial charge in [-0.25, -0.2) is 0 Å². The number of hydrogen-bond donors (Lipinski definition) is 2. The number of nitrogens with zero attached hydrogens (tertiary/aromatic N) is 3. The molecule has 7 heteroatoms. The fraction of sp³-hybridized carbons (Fsp3) is 0.958. The van der Waals surface area contributed by atoms with E-state index >= 15 is 0 Å². The summed E-state index contributed by atoms with van der Waals surface area (Å²) in [4.78, 5) is 9.82. The molecule has 0 aromatic heterocycles. The summed E-state index contributed by atoms with van der Waals surface area (Å²) in [6.45, 7) is 14.6. The van der Waals surface area contributed by atoms with Crippen LogP contribution in [0.4, 0.5) is 0 Å². The van der Waals surface area contributed by atoms with Gasteiger partial charge >= 0.3 is 0 Å². The largest absolute Gasteiger partial charge is 0.377 e. The van der Waals surface area contributed by atoms with Crippen LogP contribution in [-0.4, -0.2) is 87.4 Å². The summed E-state index contributed by atoms with van der Waals surface area (Å²) in [6, 6.07) is 0. The summed E-state index contributed by atoms with van der Waals surface area (Å²) < 4.78 is 6.17. The van der Waals surface area contributed by atoms with Crippen LogP contribution in [0.1, 0.15) is 65.7 Å². The molecule has 2 atom stereocenters. The van der Waals surface area contributed by atoms with Crippen LogP contribution < -0.4 is 10.6 Å². The molecule has 2 unspecified atom stereocenters. The van der Waals surface area contributed by atoms with E-state index in [-0.39, 0.29) is 34.9 Å². The minimum Gasteiger partial charge on any atom is -0.377 e. The highest BCUT2D eigenvalue weighted by atomic mass is 127. The number of nitrogens with one attached hydrogen (secondary N) is 2. The van der Waals surface area contributed by atoms with Crippen molar-refractivity contribution in [1.82, 2.24) is 20.4 Å². The molecule has 182 valence electrons. The standard InChI is InChI=1S/C24H47N5O.HI/c1-23(2,3)21-20(10-9-17-30-21)18-26-22(25-4)27-19-24(11-15-28(5)16-12-24)29-13-7-6-8-14-29;/h20-21H,6-19H2,1-5H3,(H2,25,26,27);1H. The Morgan fingerprint density at radius 2 is 1.71 bits per heavy atom. The van der Waals surface area contributed by atoms with E-state index in [1.807, 2.05) is 7.05 Å². The van der Waals surface area contributed by atoms with Gasteiger partial charge < -0.3 is 20.3 Å². The zero-order valence-electron chi connectivity index (χ0n) is 20.7. The first-order chi connectivity index (χ1) is 14.3. The molecular formula is C24H48IN5O. The lowest BCUT2D eigenvalue weighted by Crippen LogP contribution is -2.62. The van der Waals surface area contributed by atoms with Crippen molar-refractivity contribution < 1.29 is 4.74 Å². The Hall–Kier alpha value is -0.120. The molecule has 0 spiro atoms. The predicted octanol–water partition coefficient (Wildman–Crippen LogP) is 3.56. The van der Waals surface area contributed by atoms with Gasteiger partial charge in [0.15, 0.2) is 5.96 Å². The van der Waals surface area contributed by atoms with Gasteiger partial charge in [0.1, 0.15) is 0 Å². The Balaban J connectivity index is 0.00000341.